The van der Waals surface area contributed by atoms with Crippen molar-refractivity contribution in [3.8, 4) is 11.8 Å². The summed E-state index contributed by atoms with van der Waals surface area (Å²) in [7, 11) is 0. The van der Waals surface area contributed by atoms with Crippen LogP contribution in [0.1, 0.15) is 33.6 Å². The van der Waals surface area contributed by atoms with Gasteiger partial charge in [0.1, 0.15) is 17.6 Å². The van der Waals surface area contributed by atoms with Crippen LogP contribution in [0.15, 0.2) is 55.0 Å². The van der Waals surface area contributed by atoms with E-state index in [0.717, 1.165) is 17.7 Å². The molecular weight excluding hydrogens is 397 g/mol. The number of carbonyl (C=O) groups is 1. The van der Waals surface area contributed by atoms with E-state index in [1.165, 1.54) is 18.2 Å². The number of benzene rings is 2. The SMILES string of the molecule is N#Cc1ccc(Cn2cncc2CNC2CCN(C(=O)c3cccc(O)c3)C2)cc1F. The summed E-state index contributed by atoms with van der Waals surface area (Å²) >= 11 is 0. The molecule has 0 radical (unpaired) electrons. The fourth-order valence-corrected chi connectivity index (χ4v) is 3.76. The molecular formula is C23H22FN5O2. The molecule has 1 aliphatic rings. The monoisotopic (exact) mass is 419 g/mol. The highest BCUT2D eigenvalue weighted by atomic mass is 19.1. The van der Waals surface area contributed by atoms with Crippen molar-refractivity contribution in [2.45, 2.75) is 25.6 Å². The van der Waals surface area contributed by atoms with E-state index < -0.39 is 5.82 Å². The van der Waals surface area contributed by atoms with E-state index in [2.05, 4.69) is 10.3 Å². The molecule has 1 aromatic heterocycles. The molecule has 3 aromatic rings. The Balaban J connectivity index is 1.34. The minimum atomic E-state index is -0.526. The Kier molecular flexibility index (Phi) is 5.96. The van der Waals surface area contributed by atoms with E-state index in [-0.39, 0.29) is 23.3 Å². The molecule has 0 bridgehead atoms. The first-order valence-electron chi connectivity index (χ1n) is 10.0. The van der Waals surface area contributed by atoms with Crippen LogP contribution in [0.4, 0.5) is 4.39 Å². The number of imidazole rings is 1. The standard InChI is InChI=1S/C23H22FN5O2/c24-22-8-16(4-5-18(22)10-25)13-29-15-26-11-20(29)12-27-19-6-7-28(14-19)23(31)17-2-1-3-21(30)9-17/h1-5,8-9,11,15,19,27,30H,6-7,12-14H2. The molecule has 8 heteroatoms. The van der Waals surface area contributed by atoms with E-state index in [1.54, 1.807) is 41.7 Å². The number of rotatable bonds is 6. The number of nitrogens with zero attached hydrogens (tertiary/aromatic N) is 4. The van der Waals surface area contributed by atoms with Crippen molar-refractivity contribution >= 4 is 5.91 Å². The van der Waals surface area contributed by atoms with Crippen molar-refractivity contribution < 1.29 is 14.3 Å². The van der Waals surface area contributed by atoms with Gasteiger partial charge in [-0.3, -0.25) is 4.79 Å². The van der Waals surface area contributed by atoms with Crippen LogP contribution in [0.5, 0.6) is 5.75 Å². The van der Waals surface area contributed by atoms with Crippen LogP contribution in [-0.4, -0.2) is 44.6 Å². The van der Waals surface area contributed by atoms with Gasteiger partial charge in [0.25, 0.3) is 5.91 Å². The number of halogens is 1. The van der Waals surface area contributed by atoms with Crippen molar-refractivity contribution in [1.29, 1.82) is 5.26 Å². The maximum Gasteiger partial charge on any atom is 0.254 e. The molecule has 1 unspecified atom stereocenters. The minimum absolute atomic E-state index is 0.0299. The summed E-state index contributed by atoms with van der Waals surface area (Å²) in [4.78, 5) is 18.6. The van der Waals surface area contributed by atoms with E-state index in [9.17, 15) is 14.3 Å². The highest BCUT2D eigenvalue weighted by Crippen LogP contribution is 2.18. The maximum atomic E-state index is 13.9. The zero-order valence-corrected chi connectivity index (χ0v) is 16.8. The zero-order valence-electron chi connectivity index (χ0n) is 16.8. The van der Waals surface area contributed by atoms with Gasteiger partial charge in [-0.05, 0) is 42.3 Å². The predicted molar refractivity (Wildman–Crippen MR) is 112 cm³/mol. The van der Waals surface area contributed by atoms with Gasteiger partial charge in [-0.25, -0.2) is 9.37 Å². The Bertz CT molecular complexity index is 1140. The first-order valence-corrected chi connectivity index (χ1v) is 10.0. The smallest absolute Gasteiger partial charge is 0.254 e. The Hall–Kier alpha value is -3.70. The lowest BCUT2D eigenvalue weighted by atomic mass is 10.1. The molecule has 31 heavy (non-hydrogen) atoms. The maximum absolute atomic E-state index is 13.9. The third-order valence-corrected chi connectivity index (χ3v) is 5.45. The third-order valence-electron chi connectivity index (χ3n) is 5.45. The number of phenolic OH excluding ortho intramolecular Hbond substituents is 1. The largest absolute Gasteiger partial charge is 0.508 e. The number of hydrogen-bond donors (Lipinski definition) is 2. The second-order valence-electron chi connectivity index (χ2n) is 7.61. The van der Waals surface area contributed by atoms with E-state index >= 15 is 0 Å². The number of aromatic hydroxyl groups is 1. The lowest BCUT2D eigenvalue weighted by molar-refractivity contribution is 0.0789. The first-order chi connectivity index (χ1) is 15.0. The Morgan fingerprint density at radius 3 is 2.97 bits per heavy atom. The number of carbonyl (C=O) groups excluding carboxylic acids is 1. The molecule has 1 amide bonds. The Morgan fingerprint density at radius 1 is 1.32 bits per heavy atom. The summed E-state index contributed by atoms with van der Waals surface area (Å²) in [5.74, 6) is -0.537. The van der Waals surface area contributed by atoms with Crippen molar-refractivity contribution in [2.75, 3.05) is 13.1 Å². The van der Waals surface area contributed by atoms with Crippen LogP contribution in [0.3, 0.4) is 0 Å². The average Bonchev–Trinajstić information content (AvgIpc) is 3.41. The summed E-state index contributed by atoms with van der Waals surface area (Å²) in [6.07, 6.45) is 4.29. The second-order valence-corrected chi connectivity index (χ2v) is 7.61. The summed E-state index contributed by atoms with van der Waals surface area (Å²) in [5.41, 5.74) is 2.21. The van der Waals surface area contributed by atoms with Gasteiger partial charge in [0, 0.05) is 44.0 Å². The molecule has 2 aromatic carbocycles. The molecule has 4 rings (SSSR count). The lowest BCUT2D eigenvalue weighted by Crippen LogP contribution is -2.35. The highest BCUT2D eigenvalue weighted by Gasteiger charge is 2.27. The van der Waals surface area contributed by atoms with Gasteiger partial charge < -0.3 is 19.9 Å². The Labute approximate surface area is 179 Å². The highest BCUT2D eigenvalue weighted by molar-refractivity contribution is 5.94. The van der Waals surface area contributed by atoms with Crippen LogP contribution < -0.4 is 5.32 Å². The van der Waals surface area contributed by atoms with Gasteiger partial charge in [0.15, 0.2) is 0 Å². The number of hydrogen-bond acceptors (Lipinski definition) is 5. The Morgan fingerprint density at radius 2 is 2.19 bits per heavy atom. The van der Waals surface area contributed by atoms with Gasteiger partial charge in [0.2, 0.25) is 0 Å². The topological polar surface area (TPSA) is 94.2 Å². The fourth-order valence-electron chi connectivity index (χ4n) is 3.76. The number of nitriles is 1. The summed E-state index contributed by atoms with van der Waals surface area (Å²) < 4.78 is 15.8. The predicted octanol–water partition coefficient (Wildman–Crippen LogP) is 2.65. The normalized spacial score (nSPS) is 15.7. The molecule has 1 atom stereocenters. The van der Waals surface area contributed by atoms with Crippen LogP contribution in [0.2, 0.25) is 0 Å². The molecule has 7 nitrogen and oxygen atoms in total. The number of aromatic nitrogens is 2. The third kappa shape index (κ3) is 4.73. The number of likely N-dealkylation sites (tertiary alicyclic amines) is 1. The van der Waals surface area contributed by atoms with E-state index in [1.807, 2.05) is 10.6 Å². The van der Waals surface area contributed by atoms with E-state index in [4.69, 9.17) is 5.26 Å². The number of phenols is 1. The molecule has 1 fully saturated rings. The van der Waals surface area contributed by atoms with Crippen LogP contribution in [0, 0.1) is 17.1 Å². The number of nitrogens with one attached hydrogen (secondary N) is 1. The molecule has 0 aliphatic carbocycles. The van der Waals surface area contributed by atoms with Crippen LogP contribution in [-0.2, 0) is 13.1 Å². The fraction of sp³-hybridized carbons (Fsp3) is 0.261. The first kappa shape index (κ1) is 20.6. The van der Waals surface area contributed by atoms with Gasteiger partial charge in [-0.1, -0.05) is 12.1 Å². The quantitative estimate of drug-likeness (QED) is 0.641. The van der Waals surface area contributed by atoms with Gasteiger partial charge in [-0.2, -0.15) is 5.26 Å². The molecule has 2 heterocycles. The molecule has 1 aliphatic heterocycles. The van der Waals surface area contributed by atoms with E-state index in [0.29, 0.717) is 31.7 Å². The molecule has 2 N–H and O–H groups in total. The zero-order chi connectivity index (χ0) is 21.8. The van der Waals surface area contributed by atoms with Gasteiger partial charge in [0.05, 0.1) is 17.6 Å². The van der Waals surface area contributed by atoms with Crippen LogP contribution >= 0.6 is 0 Å². The lowest BCUT2D eigenvalue weighted by Gasteiger charge is -2.18. The number of amides is 1. The minimum Gasteiger partial charge on any atom is -0.508 e. The van der Waals surface area contributed by atoms with Gasteiger partial charge in [-0.15, -0.1) is 0 Å². The average molecular weight is 419 g/mol. The van der Waals surface area contributed by atoms with Crippen molar-refractivity contribution in [3.05, 3.63) is 83.2 Å². The summed E-state index contributed by atoms with van der Waals surface area (Å²) in [5, 5.41) is 21.9. The second kappa shape index (κ2) is 8.98. The molecule has 0 spiro atoms. The summed E-state index contributed by atoms with van der Waals surface area (Å²) in [6, 6.07) is 13.0. The molecule has 158 valence electrons. The van der Waals surface area contributed by atoms with Crippen molar-refractivity contribution in [3.63, 3.8) is 0 Å². The molecule has 0 saturated carbocycles. The van der Waals surface area contributed by atoms with Crippen molar-refractivity contribution in [2.24, 2.45) is 0 Å². The van der Waals surface area contributed by atoms with Crippen LogP contribution in [0.25, 0.3) is 0 Å². The summed E-state index contributed by atoms with van der Waals surface area (Å²) in [6.45, 7) is 2.25. The molecule has 1 saturated heterocycles. The van der Waals surface area contributed by atoms with Crippen molar-refractivity contribution in [1.82, 2.24) is 19.8 Å². The van der Waals surface area contributed by atoms with Gasteiger partial charge >= 0.3 is 0 Å².